The van der Waals surface area contributed by atoms with Crippen molar-refractivity contribution in [3.05, 3.63) is 58.8 Å². The van der Waals surface area contributed by atoms with Crippen molar-refractivity contribution in [1.82, 2.24) is 9.99 Å². The molecule has 1 aliphatic heterocycles. The fourth-order valence-corrected chi connectivity index (χ4v) is 5.29. The fourth-order valence-electron chi connectivity index (χ4n) is 5.29. The zero-order chi connectivity index (χ0) is 23.1. The maximum atomic E-state index is 14.1. The number of hydrogen-bond donors (Lipinski definition) is 0. The highest BCUT2D eigenvalue weighted by molar-refractivity contribution is 5.82. The van der Waals surface area contributed by atoms with Crippen LogP contribution in [0.2, 0.25) is 0 Å². The second kappa shape index (κ2) is 8.54. The van der Waals surface area contributed by atoms with Crippen LogP contribution in [0.15, 0.2) is 35.6 Å². The average Bonchev–Trinajstić information content (AvgIpc) is 3.30. The maximum Gasteiger partial charge on any atom is 0.246 e. The van der Waals surface area contributed by atoms with Crippen molar-refractivity contribution >= 4 is 12.1 Å². The van der Waals surface area contributed by atoms with E-state index in [0.29, 0.717) is 48.3 Å². The largest absolute Gasteiger partial charge is 0.477 e. The number of rotatable bonds is 5. The van der Waals surface area contributed by atoms with Gasteiger partial charge in [-0.1, -0.05) is 0 Å². The molecule has 2 heterocycles. The number of halogens is 2. The third kappa shape index (κ3) is 3.97. The number of hydrogen-bond acceptors (Lipinski definition) is 5. The van der Waals surface area contributed by atoms with E-state index in [4.69, 9.17) is 10.00 Å². The molecule has 1 aromatic heterocycles. The number of fused-ring (bicyclic) bond motifs is 2. The van der Waals surface area contributed by atoms with Crippen molar-refractivity contribution < 1.29 is 18.3 Å². The first-order chi connectivity index (χ1) is 15.9. The highest BCUT2D eigenvalue weighted by Crippen LogP contribution is 2.53. The van der Waals surface area contributed by atoms with Crippen LogP contribution in [0.25, 0.3) is 0 Å². The van der Waals surface area contributed by atoms with Gasteiger partial charge in [-0.25, -0.2) is 18.8 Å². The molecule has 3 atom stereocenters. The van der Waals surface area contributed by atoms with E-state index in [9.17, 15) is 13.6 Å². The highest BCUT2D eigenvalue weighted by atomic mass is 19.1. The summed E-state index contributed by atoms with van der Waals surface area (Å²) >= 11 is 0. The topological polar surface area (TPSA) is 78.6 Å². The van der Waals surface area contributed by atoms with E-state index in [1.54, 1.807) is 18.3 Å². The van der Waals surface area contributed by atoms with Crippen LogP contribution in [0, 0.1) is 53.6 Å². The van der Waals surface area contributed by atoms with Gasteiger partial charge in [0.05, 0.1) is 18.2 Å². The summed E-state index contributed by atoms with van der Waals surface area (Å²) in [6.45, 7) is 1.86. The summed E-state index contributed by atoms with van der Waals surface area (Å²) in [7, 11) is 0. The second-order valence-electron chi connectivity index (χ2n) is 9.24. The zero-order valence-electron chi connectivity index (χ0n) is 18.2. The molecule has 33 heavy (non-hydrogen) atoms. The molecule has 170 valence electrons. The molecule has 2 bridgehead atoms. The molecule has 1 aromatic carbocycles. The van der Waals surface area contributed by atoms with E-state index in [1.165, 1.54) is 30.3 Å². The number of aromatic nitrogens is 1. The lowest BCUT2D eigenvalue weighted by molar-refractivity contribution is -0.148. The van der Waals surface area contributed by atoms with Gasteiger partial charge in [-0.05, 0) is 67.7 Å². The van der Waals surface area contributed by atoms with Gasteiger partial charge in [0.2, 0.25) is 11.8 Å². The van der Waals surface area contributed by atoms with Crippen molar-refractivity contribution in [3.8, 4) is 11.9 Å². The van der Waals surface area contributed by atoms with E-state index in [-0.39, 0.29) is 23.3 Å². The Morgan fingerprint density at radius 1 is 1.21 bits per heavy atom. The molecular weight excluding hydrogens is 426 g/mol. The molecule has 6 nitrogen and oxygen atoms in total. The van der Waals surface area contributed by atoms with Crippen LogP contribution >= 0.6 is 0 Å². The van der Waals surface area contributed by atoms with E-state index in [2.05, 4.69) is 10.1 Å². The van der Waals surface area contributed by atoms with Gasteiger partial charge in [-0.15, -0.1) is 0 Å². The fraction of sp³-hybridized carbons (Fsp3) is 0.440. The first-order valence-corrected chi connectivity index (χ1v) is 11.2. The molecule has 0 N–H and O–H groups in total. The molecule has 8 heteroatoms. The van der Waals surface area contributed by atoms with Crippen LogP contribution in [0.4, 0.5) is 8.78 Å². The van der Waals surface area contributed by atoms with Crippen LogP contribution in [0.5, 0.6) is 5.88 Å². The highest BCUT2D eigenvalue weighted by Gasteiger charge is 2.50. The summed E-state index contributed by atoms with van der Waals surface area (Å²) in [5, 5.41) is 14.6. The van der Waals surface area contributed by atoms with E-state index < -0.39 is 17.7 Å². The number of carbonyl (C=O) groups is 1. The minimum absolute atomic E-state index is 0.0251. The number of nitriles is 1. The Morgan fingerprint density at radius 2 is 1.97 bits per heavy atom. The van der Waals surface area contributed by atoms with E-state index in [1.807, 2.05) is 6.07 Å². The van der Waals surface area contributed by atoms with Crippen LogP contribution < -0.4 is 4.74 Å². The number of nitrogens with zero attached hydrogens (tertiary/aromatic N) is 4. The maximum absolute atomic E-state index is 14.1. The van der Waals surface area contributed by atoms with E-state index >= 15 is 0 Å². The first-order valence-electron chi connectivity index (χ1n) is 11.2. The molecule has 3 fully saturated rings. The van der Waals surface area contributed by atoms with Crippen molar-refractivity contribution in [2.45, 2.75) is 38.6 Å². The Balaban J connectivity index is 1.27. The van der Waals surface area contributed by atoms with E-state index in [0.717, 1.165) is 12.8 Å². The molecule has 3 aliphatic carbocycles. The smallest absolute Gasteiger partial charge is 0.246 e. The third-order valence-corrected chi connectivity index (χ3v) is 7.38. The Hall–Kier alpha value is -3.34. The van der Waals surface area contributed by atoms with Gasteiger partial charge in [0.15, 0.2) is 0 Å². The summed E-state index contributed by atoms with van der Waals surface area (Å²) in [4.78, 5) is 17.6. The van der Waals surface area contributed by atoms with Crippen LogP contribution in [0.1, 0.15) is 48.4 Å². The monoisotopic (exact) mass is 450 g/mol. The molecule has 0 radical (unpaired) electrons. The van der Waals surface area contributed by atoms with Crippen molar-refractivity contribution in [3.63, 3.8) is 0 Å². The number of hydrazone groups is 1. The summed E-state index contributed by atoms with van der Waals surface area (Å²) < 4.78 is 34.2. The minimum atomic E-state index is -0.613. The van der Waals surface area contributed by atoms with Crippen molar-refractivity contribution in [1.29, 1.82) is 5.26 Å². The Bertz CT molecular complexity index is 1120. The average molecular weight is 450 g/mol. The first kappa shape index (κ1) is 21.5. The second-order valence-corrected chi connectivity index (χ2v) is 9.24. The summed E-state index contributed by atoms with van der Waals surface area (Å²) in [6.07, 6.45) is 6.19. The molecule has 3 saturated carbocycles. The van der Waals surface area contributed by atoms with Gasteiger partial charge in [0.1, 0.15) is 17.7 Å². The summed E-state index contributed by atoms with van der Waals surface area (Å²) in [5.41, 5.74) is 0.875. The normalized spacial score (nSPS) is 27.7. The molecule has 2 unspecified atom stereocenters. The number of ether oxygens (including phenoxy) is 1. The molecule has 2 aromatic rings. The third-order valence-electron chi connectivity index (χ3n) is 7.38. The summed E-state index contributed by atoms with van der Waals surface area (Å²) in [5.74, 6) is 0.0297. The summed E-state index contributed by atoms with van der Waals surface area (Å²) in [6, 6.07) is 7.49. The quantitative estimate of drug-likeness (QED) is 0.670. The lowest BCUT2D eigenvalue weighted by atomic mass is 9.55. The molecular formula is C25H24F2N4O2. The lowest BCUT2D eigenvalue weighted by Crippen LogP contribution is -2.50. The molecule has 4 aliphatic rings. The Morgan fingerprint density at radius 3 is 2.64 bits per heavy atom. The standard InChI is InChI=1S/C25H24F2N4O2/c1-14-21(26)9-18(10-22(14)27)23-4-5-30-31(23)25(32)20-8-19(16-6-17(20)7-16)13-33-24-3-2-15(11-28)12-29-24/h2-3,5,9-10,12,16-17,19-20,23H,4,6-8,13H2,1H3/t16?,17?,19?,20-,23?/m0/s1. The van der Waals surface area contributed by atoms with Gasteiger partial charge >= 0.3 is 0 Å². The molecule has 1 amide bonds. The van der Waals surface area contributed by atoms with Crippen LogP contribution in [0.3, 0.4) is 0 Å². The van der Waals surface area contributed by atoms with Gasteiger partial charge in [-0.3, -0.25) is 4.79 Å². The number of amides is 1. The molecule has 0 saturated heterocycles. The van der Waals surface area contributed by atoms with Crippen LogP contribution in [-0.4, -0.2) is 28.7 Å². The van der Waals surface area contributed by atoms with Crippen LogP contribution in [-0.2, 0) is 4.79 Å². The van der Waals surface area contributed by atoms with Gasteiger partial charge in [0.25, 0.3) is 0 Å². The predicted octanol–water partition coefficient (Wildman–Crippen LogP) is 4.54. The molecule has 6 rings (SSSR count). The zero-order valence-corrected chi connectivity index (χ0v) is 18.2. The number of benzene rings is 1. The number of carbonyl (C=O) groups excluding carboxylic acids is 1. The van der Waals surface area contributed by atoms with Crippen molar-refractivity contribution in [2.24, 2.45) is 28.8 Å². The number of pyridine rings is 1. The predicted molar refractivity (Wildman–Crippen MR) is 116 cm³/mol. The van der Waals surface area contributed by atoms with Gasteiger partial charge in [0, 0.05) is 36.4 Å². The van der Waals surface area contributed by atoms with Crippen molar-refractivity contribution in [2.75, 3.05) is 6.61 Å². The van der Waals surface area contributed by atoms with Gasteiger partial charge in [-0.2, -0.15) is 10.4 Å². The van der Waals surface area contributed by atoms with Gasteiger partial charge < -0.3 is 4.74 Å². The Kier molecular flexibility index (Phi) is 5.57. The SMILES string of the molecule is Cc1c(F)cc(C2CC=NN2C(=O)[C@H]2CC(COc3ccc(C#N)cn3)C3CC2C3)cc1F. The lowest BCUT2D eigenvalue weighted by Gasteiger charge is -2.51. The Labute approximate surface area is 190 Å². The minimum Gasteiger partial charge on any atom is -0.477 e. The molecule has 0 spiro atoms.